The number of ether oxygens (including phenoxy) is 2. The van der Waals surface area contributed by atoms with Gasteiger partial charge >= 0.3 is 12.1 Å². The Morgan fingerprint density at radius 3 is 2.40 bits per heavy atom. The average Bonchev–Trinajstić information content (AvgIpc) is 3.42. The molecule has 0 saturated carbocycles. The van der Waals surface area contributed by atoms with E-state index in [0.29, 0.717) is 42.0 Å². The smallest absolute Gasteiger partial charge is 0.411 e. The van der Waals surface area contributed by atoms with Gasteiger partial charge in [0.2, 0.25) is 0 Å². The predicted octanol–water partition coefficient (Wildman–Crippen LogP) is 3.57. The highest BCUT2D eigenvalue weighted by molar-refractivity contribution is 5.97. The average molecular weight is 664 g/mol. The molecule has 1 amide bonds. The third-order valence-electron chi connectivity index (χ3n) is 8.76. The number of morpholine rings is 1. The second-order valence-electron chi connectivity index (χ2n) is 11.8. The van der Waals surface area contributed by atoms with Crippen molar-refractivity contribution in [1.29, 1.82) is 0 Å². The molecule has 15 heteroatoms. The Morgan fingerprint density at radius 2 is 1.77 bits per heavy atom. The van der Waals surface area contributed by atoms with Crippen LogP contribution >= 0.6 is 0 Å². The van der Waals surface area contributed by atoms with Crippen molar-refractivity contribution in [1.82, 2.24) is 19.8 Å². The highest BCUT2D eigenvalue weighted by atomic mass is 19.4. The van der Waals surface area contributed by atoms with Crippen LogP contribution in [0.2, 0.25) is 0 Å². The molecule has 0 unspecified atom stereocenters. The van der Waals surface area contributed by atoms with Crippen LogP contribution in [0, 0.1) is 25.5 Å². The standard InChI is InChI=1S/C32H34F5N5O5/c1-16-17(2)41(4)30(44)28(38-16)20-7-6-18(21-13-40(3)14-22(20)21)10-25(31(45)46-5)39-29(43)27-23(33)11-19(12-24(27)34)42-8-9-47-15-26(42)32(35,36)37/h6-7,11-12,25-26H,8-10,13-15H2,1-5H3,(H,39,43)/t25-,26+/m0/s1. The summed E-state index contributed by atoms with van der Waals surface area (Å²) in [5, 5.41) is 2.34. The second kappa shape index (κ2) is 13.0. The van der Waals surface area contributed by atoms with E-state index in [1.54, 1.807) is 26.1 Å². The zero-order chi connectivity index (χ0) is 34.4. The van der Waals surface area contributed by atoms with E-state index >= 15 is 8.78 Å². The van der Waals surface area contributed by atoms with E-state index in [4.69, 9.17) is 9.47 Å². The monoisotopic (exact) mass is 663 g/mol. The molecule has 3 heterocycles. The van der Waals surface area contributed by atoms with Crippen molar-refractivity contribution >= 4 is 17.6 Å². The lowest BCUT2D eigenvalue weighted by molar-refractivity contribution is -0.167. The van der Waals surface area contributed by atoms with E-state index in [1.165, 1.54) is 4.57 Å². The second-order valence-corrected chi connectivity index (χ2v) is 11.8. The molecule has 0 aliphatic carbocycles. The fourth-order valence-electron chi connectivity index (χ4n) is 6.07. The van der Waals surface area contributed by atoms with E-state index in [0.717, 1.165) is 28.8 Å². The highest BCUT2D eigenvalue weighted by Crippen LogP contribution is 2.35. The summed E-state index contributed by atoms with van der Waals surface area (Å²) in [6, 6.07) is 1.23. The number of aromatic nitrogens is 2. The molecule has 252 valence electrons. The maximum Gasteiger partial charge on any atom is 0.411 e. The van der Waals surface area contributed by atoms with Crippen LogP contribution < -0.4 is 15.8 Å². The lowest BCUT2D eigenvalue weighted by Gasteiger charge is -2.38. The molecule has 1 N–H and O–H groups in total. The Hall–Kier alpha value is -4.37. The first kappa shape index (κ1) is 34.0. The third-order valence-corrected chi connectivity index (χ3v) is 8.76. The van der Waals surface area contributed by atoms with Crippen molar-refractivity contribution in [2.24, 2.45) is 7.05 Å². The lowest BCUT2D eigenvalue weighted by Crippen LogP contribution is -2.53. The van der Waals surface area contributed by atoms with Crippen LogP contribution in [-0.2, 0) is 40.8 Å². The van der Waals surface area contributed by atoms with Crippen molar-refractivity contribution in [3.8, 4) is 11.3 Å². The number of halogens is 5. The molecule has 1 fully saturated rings. The number of anilines is 1. The molecule has 10 nitrogen and oxygen atoms in total. The molecule has 1 aromatic heterocycles. The van der Waals surface area contributed by atoms with E-state index in [9.17, 15) is 27.6 Å². The molecule has 1 saturated heterocycles. The maximum absolute atomic E-state index is 15.2. The largest absolute Gasteiger partial charge is 0.467 e. The number of nitrogens with one attached hydrogen (secondary N) is 1. The number of alkyl halides is 3. The van der Waals surface area contributed by atoms with Crippen LogP contribution in [0.25, 0.3) is 11.3 Å². The molecule has 2 aromatic carbocycles. The van der Waals surface area contributed by atoms with Gasteiger partial charge in [0, 0.05) is 50.0 Å². The topological polar surface area (TPSA) is 106 Å². The summed E-state index contributed by atoms with van der Waals surface area (Å²) >= 11 is 0. The van der Waals surface area contributed by atoms with Gasteiger partial charge in [-0.3, -0.25) is 14.5 Å². The van der Waals surface area contributed by atoms with E-state index in [1.807, 2.05) is 18.9 Å². The fourth-order valence-corrected chi connectivity index (χ4v) is 6.07. The minimum Gasteiger partial charge on any atom is -0.467 e. The molecule has 5 rings (SSSR count). The SMILES string of the molecule is COC(=O)[C@H](Cc1ccc(-c2nc(C)c(C)n(C)c2=O)c2c1CN(C)C2)NC(=O)c1c(F)cc(N2CCOC[C@@H]2C(F)(F)F)cc1F. The van der Waals surface area contributed by atoms with E-state index in [2.05, 4.69) is 10.3 Å². The van der Waals surface area contributed by atoms with Gasteiger partial charge in [-0.1, -0.05) is 12.1 Å². The number of methoxy groups -OCH3 is 1. The number of aryl methyl sites for hydroxylation is 1. The number of hydrogen-bond donors (Lipinski definition) is 1. The molecular weight excluding hydrogens is 629 g/mol. The van der Waals surface area contributed by atoms with Crippen LogP contribution in [-0.4, -0.2) is 78.5 Å². The molecule has 3 aromatic rings. The summed E-state index contributed by atoms with van der Waals surface area (Å²) in [4.78, 5) is 46.5. The number of carbonyl (C=O) groups is 2. The number of amides is 1. The van der Waals surface area contributed by atoms with Crippen LogP contribution in [0.15, 0.2) is 29.1 Å². The molecule has 2 aliphatic rings. The molecule has 0 spiro atoms. The van der Waals surface area contributed by atoms with Crippen molar-refractivity contribution in [2.45, 2.75) is 51.6 Å². The van der Waals surface area contributed by atoms with Crippen molar-refractivity contribution in [3.05, 3.63) is 79.9 Å². The first-order valence-electron chi connectivity index (χ1n) is 14.8. The predicted molar refractivity (Wildman–Crippen MR) is 161 cm³/mol. The first-order valence-corrected chi connectivity index (χ1v) is 14.8. The molecule has 0 bridgehead atoms. The summed E-state index contributed by atoms with van der Waals surface area (Å²) in [5.41, 5.74) is 2.86. The van der Waals surface area contributed by atoms with Gasteiger partial charge in [0.15, 0.2) is 0 Å². The van der Waals surface area contributed by atoms with Gasteiger partial charge in [-0.2, -0.15) is 13.2 Å². The lowest BCUT2D eigenvalue weighted by atomic mass is 9.92. The Morgan fingerprint density at radius 1 is 1.11 bits per heavy atom. The maximum atomic E-state index is 15.2. The van der Waals surface area contributed by atoms with Crippen molar-refractivity contribution in [2.75, 3.05) is 38.8 Å². The minimum absolute atomic E-state index is 0.0861. The van der Waals surface area contributed by atoms with Gasteiger partial charge in [-0.25, -0.2) is 18.6 Å². The molecule has 0 radical (unpaired) electrons. The summed E-state index contributed by atoms with van der Waals surface area (Å²) < 4.78 is 82.5. The third kappa shape index (κ3) is 6.59. The molecule has 47 heavy (non-hydrogen) atoms. The van der Waals surface area contributed by atoms with Gasteiger partial charge in [0.1, 0.15) is 35.0 Å². The Balaban J connectivity index is 1.45. The van der Waals surface area contributed by atoms with Crippen molar-refractivity contribution in [3.63, 3.8) is 0 Å². The normalized spacial score (nSPS) is 17.4. The zero-order valence-electron chi connectivity index (χ0n) is 26.4. The molecular formula is C32H34F5N5O5. The van der Waals surface area contributed by atoms with Crippen LogP contribution in [0.1, 0.15) is 38.4 Å². The number of carbonyl (C=O) groups excluding carboxylic acids is 2. The summed E-state index contributed by atoms with van der Waals surface area (Å²) in [6.45, 7) is 3.47. The summed E-state index contributed by atoms with van der Waals surface area (Å²) in [7, 11) is 4.64. The number of rotatable bonds is 7. The number of esters is 1. The van der Waals surface area contributed by atoms with E-state index < -0.39 is 59.6 Å². The van der Waals surface area contributed by atoms with Crippen molar-refractivity contribution < 1.29 is 41.0 Å². The number of nitrogens with zero attached hydrogens (tertiary/aromatic N) is 4. The Kier molecular flexibility index (Phi) is 9.42. The molecule has 2 aliphatic heterocycles. The number of fused-ring (bicyclic) bond motifs is 1. The first-order chi connectivity index (χ1) is 22.1. The van der Waals surface area contributed by atoms with Gasteiger partial charge in [-0.15, -0.1) is 0 Å². The number of benzene rings is 2. The Bertz CT molecular complexity index is 1770. The van der Waals surface area contributed by atoms with Gasteiger partial charge in [-0.05, 0) is 49.7 Å². The van der Waals surface area contributed by atoms with Crippen LogP contribution in [0.3, 0.4) is 0 Å². The van der Waals surface area contributed by atoms with Crippen LogP contribution in [0.5, 0.6) is 0 Å². The zero-order valence-corrected chi connectivity index (χ0v) is 26.4. The highest BCUT2D eigenvalue weighted by Gasteiger charge is 2.46. The fraction of sp³-hybridized carbons (Fsp3) is 0.438. The summed E-state index contributed by atoms with van der Waals surface area (Å²) in [5.74, 6) is -4.97. The van der Waals surface area contributed by atoms with Gasteiger partial charge in [0.05, 0.1) is 26.0 Å². The number of hydrogen-bond acceptors (Lipinski definition) is 8. The van der Waals surface area contributed by atoms with Gasteiger partial charge < -0.3 is 24.3 Å². The Labute approximate surface area is 267 Å². The molecule has 2 atom stereocenters. The quantitative estimate of drug-likeness (QED) is 0.302. The van der Waals surface area contributed by atoms with E-state index in [-0.39, 0.29) is 30.8 Å². The van der Waals surface area contributed by atoms with Gasteiger partial charge in [0.25, 0.3) is 11.5 Å². The minimum atomic E-state index is -4.73. The van der Waals surface area contributed by atoms with Crippen LogP contribution in [0.4, 0.5) is 27.6 Å². The summed E-state index contributed by atoms with van der Waals surface area (Å²) in [6.07, 6.45) is -4.84.